The summed E-state index contributed by atoms with van der Waals surface area (Å²) in [5, 5.41) is 14.0. The van der Waals surface area contributed by atoms with E-state index in [0.29, 0.717) is 5.92 Å². The van der Waals surface area contributed by atoms with Crippen LogP contribution in [0.2, 0.25) is 0 Å². The van der Waals surface area contributed by atoms with Crippen molar-refractivity contribution >= 4 is 0 Å². The molecule has 2 heteroatoms. The normalized spacial score (nSPS) is 13.9. The summed E-state index contributed by atoms with van der Waals surface area (Å²) >= 11 is 0. The van der Waals surface area contributed by atoms with Crippen molar-refractivity contribution in [3.63, 3.8) is 0 Å². The molecule has 0 heterocycles. The first-order chi connectivity index (χ1) is 5.16. The van der Waals surface area contributed by atoms with Gasteiger partial charge in [-0.25, -0.2) is 5.11 Å². The van der Waals surface area contributed by atoms with Gasteiger partial charge < -0.3 is 0 Å². The van der Waals surface area contributed by atoms with E-state index in [-0.39, 0.29) is 0 Å². The van der Waals surface area contributed by atoms with Crippen LogP contribution in [0, 0.1) is 5.92 Å². The summed E-state index contributed by atoms with van der Waals surface area (Å²) in [7, 11) is 0. The van der Waals surface area contributed by atoms with Crippen molar-refractivity contribution < 1.29 is 5.11 Å². The highest BCUT2D eigenvalue weighted by molar-refractivity contribution is 4.55. The smallest absolute Gasteiger partial charge is 0.143 e. The van der Waals surface area contributed by atoms with E-state index < -0.39 is 6.23 Å². The summed E-state index contributed by atoms with van der Waals surface area (Å²) in [5.74, 6) is 0.577. The molecular weight excluding hydrogens is 138 g/mol. The summed E-state index contributed by atoms with van der Waals surface area (Å²) in [6.45, 7) is 7.17. The van der Waals surface area contributed by atoms with E-state index in [9.17, 15) is 5.11 Å². The van der Waals surface area contributed by atoms with Crippen molar-refractivity contribution in [2.75, 3.05) is 6.54 Å². The third kappa shape index (κ3) is 7.82. The second-order valence-electron chi connectivity index (χ2n) is 3.43. The van der Waals surface area contributed by atoms with E-state index in [1.165, 1.54) is 0 Å². The molecule has 0 aromatic heterocycles. The molecule has 1 atom stereocenters. The molecule has 67 valence electrons. The zero-order chi connectivity index (χ0) is 8.69. The number of unbranched alkanes of at least 4 members (excludes halogenated alkanes) is 1. The van der Waals surface area contributed by atoms with E-state index in [2.05, 4.69) is 26.1 Å². The van der Waals surface area contributed by atoms with Gasteiger partial charge in [-0.2, -0.15) is 0 Å². The van der Waals surface area contributed by atoms with Gasteiger partial charge in [0.2, 0.25) is 0 Å². The van der Waals surface area contributed by atoms with Crippen LogP contribution in [-0.2, 0) is 5.11 Å². The van der Waals surface area contributed by atoms with Gasteiger partial charge in [0.05, 0.1) is 0 Å². The van der Waals surface area contributed by atoms with Crippen LogP contribution in [0.5, 0.6) is 0 Å². The Morgan fingerprint density at radius 3 is 2.45 bits per heavy atom. The Morgan fingerprint density at radius 2 is 2.00 bits per heavy atom. The zero-order valence-electron chi connectivity index (χ0n) is 7.89. The Kier molecular flexibility index (Phi) is 6.57. The summed E-state index contributed by atoms with van der Waals surface area (Å²) in [5.41, 5.74) is 0. The SMILES string of the molecule is CCCCC([O])NCC(C)C. The second kappa shape index (κ2) is 6.62. The molecule has 0 aromatic rings. The van der Waals surface area contributed by atoms with E-state index >= 15 is 0 Å². The van der Waals surface area contributed by atoms with Gasteiger partial charge in [0.15, 0.2) is 0 Å². The maximum Gasteiger partial charge on any atom is 0.143 e. The summed E-state index contributed by atoms with van der Waals surface area (Å²) in [6.07, 6.45) is 2.38. The minimum atomic E-state index is -0.544. The van der Waals surface area contributed by atoms with Crippen molar-refractivity contribution in [2.24, 2.45) is 5.92 Å². The molecule has 0 saturated heterocycles. The Labute approximate surface area is 70.0 Å². The Balaban J connectivity index is 3.15. The van der Waals surface area contributed by atoms with Crippen LogP contribution in [0.1, 0.15) is 40.0 Å². The quantitative estimate of drug-likeness (QED) is 0.590. The minimum absolute atomic E-state index is 0.544. The predicted molar refractivity (Wildman–Crippen MR) is 46.8 cm³/mol. The average molecular weight is 158 g/mol. The molecule has 0 aromatic carbocycles. The molecule has 1 N–H and O–H groups in total. The largest absolute Gasteiger partial charge is 0.289 e. The van der Waals surface area contributed by atoms with Crippen molar-refractivity contribution in [1.29, 1.82) is 0 Å². The van der Waals surface area contributed by atoms with Gasteiger partial charge in [0.1, 0.15) is 6.23 Å². The van der Waals surface area contributed by atoms with Gasteiger partial charge in [-0.05, 0) is 25.3 Å². The second-order valence-corrected chi connectivity index (χ2v) is 3.43. The molecule has 0 saturated carbocycles. The first kappa shape index (κ1) is 10.9. The Hall–Kier alpha value is -0.0800. The highest BCUT2D eigenvalue weighted by Crippen LogP contribution is 1.98. The fourth-order valence-corrected chi connectivity index (χ4v) is 0.859. The molecule has 2 nitrogen and oxygen atoms in total. The lowest BCUT2D eigenvalue weighted by Crippen LogP contribution is -2.30. The van der Waals surface area contributed by atoms with Crippen LogP contribution < -0.4 is 5.32 Å². The maximum absolute atomic E-state index is 11.1. The minimum Gasteiger partial charge on any atom is -0.289 e. The van der Waals surface area contributed by atoms with Crippen LogP contribution in [0.4, 0.5) is 0 Å². The van der Waals surface area contributed by atoms with Crippen molar-refractivity contribution in [2.45, 2.75) is 46.3 Å². The number of nitrogens with one attached hydrogen (secondary N) is 1. The predicted octanol–water partition coefficient (Wildman–Crippen LogP) is 2.18. The fraction of sp³-hybridized carbons (Fsp3) is 1.00. The molecule has 1 unspecified atom stereocenters. The number of hydrogen-bond acceptors (Lipinski definition) is 1. The lowest BCUT2D eigenvalue weighted by atomic mass is 10.2. The maximum atomic E-state index is 11.1. The van der Waals surface area contributed by atoms with Crippen molar-refractivity contribution in [1.82, 2.24) is 5.32 Å². The number of rotatable bonds is 6. The van der Waals surface area contributed by atoms with E-state index in [1.54, 1.807) is 0 Å². The van der Waals surface area contributed by atoms with Crippen LogP contribution in [0.25, 0.3) is 0 Å². The monoisotopic (exact) mass is 158 g/mol. The Morgan fingerprint density at radius 1 is 1.36 bits per heavy atom. The van der Waals surface area contributed by atoms with Crippen LogP contribution in [-0.4, -0.2) is 12.8 Å². The third-order valence-corrected chi connectivity index (χ3v) is 1.57. The van der Waals surface area contributed by atoms with Crippen molar-refractivity contribution in [3.05, 3.63) is 0 Å². The molecule has 0 rings (SSSR count). The third-order valence-electron chi connectivity index (χ3n) is 1.57. The van der Waals surface area contributed by atoms with Gasteiger partial charge in [-0.1, -0.05) is 27.2 Å². The average Bonchev–Trinajstić information content (AvgIpc) is 1.97. The zero-order valence-corrected chi connectivity index (χ0v) is 7.89. The fourth-order valence-electron chi connectivity index (χ4n) is 0.859. The highest BCUT2D eigenvalue weighted by atomic mass is 16.3. The molecule has 11 heavy (non-hydrogen) atoms. The van der Waals surface area contributed by atoms with Gasteiger partial charge in [-0.3, -0.25) is 5.32 Å². The van der Waals surface area contributed by atoms with Gasteiger partial charge >= 0.3 is 0 Å². The van der Waals surface area contributed by atoms with Crippen molar-refractivity contribution in [3.8, 4) is 0 Å². The van der Waals surface area contributed by atoms with Crippen LogP contribution in [0.3, 0.4) is 0 Å². The molecular formula is C9H20NO. The van der Waals surface area contributed by atoms with Crippen LogP contribution >= 0.6 is 0 Å². The first-order valence-corrected chi connectivity index (χ1v) is 4.56. The first-order valence-electron chi connectivity index (χ1n) is 4.56. The molecule has 0 aliphatic carbocycles. The molecule has 0 aliphatic heterocycles. The lowest BCUT2D eigenvalue weighted by Gasteiger charge is -2.11. The molecule has 0 fully saturated rings. The lowest BCUT2D eigenvalue weighted by molar-refractivity contribution is 0.0474. The van der Waals surface area contributed by atoms with E-state index in [0.717, 1.165) is 25.8 Å². The molecule has 0 amide bonds. The van der Waals surface area contributed by atoms with Gasteiger partial charge in [0.25, 0.3) is 0 Å². The van der Waals surface area contributed by atoms with E-state index in [4.69, 9.17) is 0 Å². The van der Waals surface area contributed by atoms with Crippen LogP contribution in [0.15, 0.2) is 0 Å². The molecule has 0 aliphatic rings. The summed E-state index contributed by atoms with van der Waals surface area (Å²) in [4.78, 5) is 0. The molecule has 0 spiro atoms. The standard InChI is InChI=1S/C9H20NO/c1-4-5-6-9(11)10-7-8(2)3/h8-10H,4-7H2,1-3H3. The molecule has 1 radical (unpaired) electrons. The van der Waals surface area contributed by atoms with E-state index in [1.807, 2.05) is 0 Å². The Bertz CT molecular complexity index is 83.6. The molecule has 0 bridgehead atoms. The number of hydrogen-bond donors (Lipinski definition) is 1. The van der Waals surface area contributed by atoms with Gasteiger partial charge in [-0.15, -0.1) is 0 Å². The van der Waals surface area contributed by atoms with Gasteiger partial charge in [0, 0.05) is 0 Å². The topological polar surface area (TPSA) is 31.9 Å². The highest BCUT2D eigenvalue weighted by Gasteiger charge is 2.03. The summed E-state index contributed by atoms with van der Waals surface area (Å²) < 4.78 is 0. The summed E-state index contributed by atoms with van der Waals surface area (Å²) in [6, 6.07) is 0.